The van der Waals surface area contributed by atoms with Crippen LogP contribution < -0.4 is 31.9 Å². The SMILES string of the molecule is CC(=O)N[C@@H](Cc1cnc[nH]1)C(=O)NCC(=O)N[C@@H](CCCCNCc1ccccc1)C(=O)N[C@H](C(=O)N[C@@H](C)C(=O)O)C(C)C. The molecule has 0 saturated heterocycles. The van der Waals surface area contributed by atoms with Gasteiger partial charge in [0.25, 0.3) is 0 Å². The van der Waals surface area contributed by atoms with E-state index >= 15 is 0 Å². The van der Waals surface area contributed by atoms with Crippen molar-refractivity contribution in [1.29, 1.82) is 0 Å². The lowest BCUT2D eigenvalue weighted by molar-refractivity contribution is -0.142. The van der Waals surface area contributed by atoms with Gasteiger partial charge in [0.2, 0.25) is 29.5 Å². The first kappa shape index (κ1) is 37.4. The van der Waals surface area contributed by atoms with Crippen LogP contribution in [0.3, 0.4) is 0 Å². The van der Waals surface area contributed by atoms with E-state index in [-0.39, 0.29) is 18.8 Å². The molecule has 0 aliphatic rings. The van der Waals surface area contributed by atoms with Gasteiger partial charge in [0.05, 0.1) is 12.9 Å². The van der Waals surface area contributed by atoms with Crippen molar-refractivity contribution in [2.45, 2.75) is 84.1 Å². The molecule has 2 rings (SSSR count). The Balaban J connectivity index is 2.03. The average molecular weight is 643 g/mol. The first-order valence-corrected chi connectivity index (χ1v) is 15.3. The molecule has 4 atom stereocenters. The number of H-pyrrole nitrogens is 1. The van der Waals surface area contributed by atoms with Gasteiger partial charge in [0.15, 0.2) is 0 Å². The van der Waals surface area contributed by atoms with Gasteiger partial charge in [0.1, 0.15) is 24.2 Å². The first-order valence-electron chi connectivity index (χ1n) is 15.3. The monoisotopic (exact) mass is 642 g/mol. The molecule has 0 radical (unpaired) electrons. The molecule has 0 aliphatic carbocycles. The van der Waals surface area contributed by atoms with E-state index in [2.05, 4.69) is 41.9 Å². The van der Waals surface area contributed by atoms with E-state index in [1.807, 2.05) is 30.3 Å². The van der Waals surface area contributed by atoms with Crippen molar-refractivity contribution in [3.63, 3.8) is 0 Å². The number of hydrogen-bond acceptors (Lipinski definition) is 8. The molecular formula is C31H46N8O7. The highest BCUT2D eigenvalue weighted by atomic mass is 16.4. The minimum absolute atomic E-state index is 0.121. The van der Waals surface area contributed by atoms with Crippen LogP contribution in [0.25, 0.3) is 0 Å². The second kappa shape index (κ2) is 19.6. The number of rotatable bonds is 20. The summed E-state index contributed by atoms with van der Waals surface area (Å²) in [5.74, 6) is -4.57. The van der Waals surface area contributed by atoms with E-state index in [0.29, 0.717) is 31.6 Å². The fourth-order valence-corrected chi connectivity index (χ4v) is 4.46. The van der Waals surface area contributed by atoms with Crippen molar-refractivity contribution in [3.8, 4) is 0 Å². The molecule has 46 heavy (non-hydrogen) atoms. The van der Waals surface area contributed by atoms with Crippen LogP contribution in [-0.4, -0.2) is 87.8 Å². The van der Waals surface area contributed by atoms with Crippen LogP contribution >= 0.6 is 0 Å². The predicted molar refractivity (Wildman–Crippen MR) is 169 cm³/mol. The van der Waals surface area contributed by atoms with Crippen molar-refractivity contribution in [2.24, 2.45) is 5.92 Å². The quantitative estimate of drug-likeness (QED) is 0.0891. The Kier molecular flexibility index (Phi) is 15.9. The lowest BCUT2D eigenvalue weighted by atomic mass is 10.0. The van der Waals surface area contributed by atoms with Crippen molar-refractivity contribution >= 4 is 35.5 Å². The van der Waals surface area contributed by atoms with Gasteiger partial charge < -0.3 is 42.0 Å². The summed E-state index contributed by atoms with van der Waals surface area (Å²) in [5, 5.41) is 25.2. The summed E-state index contributed by atoms with van der Waals surface area (Å²) in [5.41, 5.74) is 1.74. The Morgan fingerprint density at radius 1 is 0.870 bits per heavy atom. The maximum absolute atomic E-state index is 13.4. The lowest BCUT2D eigenvalue weighted by Crippen LogP contribution is -2.57. The second-order valence-corrected chi connectivity index (χ2v) is 11.3. The fraction of sp³-hybridized carbons (Fsp3) is 0.516. The Morgan fingerprint density at radius 2 is 1.59 bits per heavy atom. The number of carboxylic acids is 1. The second-order valence-electron chi connectivity index (χ2n) is 11.3. The molecule has 0 saturated carbocycles. The summed E-state index contributed by atoms with van der Waals surface area (Å²) in [6.07, 6.45) is 4.56. The molecule has 8 N–H and O–H groups in total. The normalized spacial score (nSPS) is 13.5. The maximum Gasteiger partial charge on any atom is 0.325 e. The topological polar surface area (TPSA) is 224 Å². The molecule has 0 unspecified atom stereocenters. The number of carbonyl (C=O) groups is 6. The molecule has 5 amide bonds. The van der Waals surface area contributed by atoms with E-state index < -0.39 is 66.2 Å². The van der Waals surface area contributed by atoms with E-state index in [9.17, 15) is 28.8 Å². The molecule has 0 fully saturated rings. The minimum atomic E-state index is -1.22. The number of unbranched alkanes of at least 4 members (excludes halogenated alkanes) is 1. The van der Waals surface area contributed by atoms with Gasteiger partial charge in [-0.3, -0.25) is 28.8 Å². The largest absolute Gasteiger partial charge is 0.480 e. The van der Waals surface area contributed by atoms with E-state index in [1.54, 1.807) is 13.8 Å². The molecular weight excluding hydrogens is 596 g/mol. The molecule has 0 spiro atoms. The highest BCUT2D eigenvalue weighted by Crippen LogP contribution is 2.07. The van der Waals surface area contributed by atoms with Gasteiger partial charge in [-0.15, -0.1) is 0 Å². The molecule has 1 aromatic heterocycles. The molecule has 2 aromatic rings. The number of aromatic amines is 1. The van der Waals surface area contributed by atoms with Crippen LogP contribution in [0, 0.1) is 5.92 Å². The van der Waals surface area contributed by atoms with E-state index in [1.165, 1.54) is 26.4 Å². The number of hydrogen-bond donors (Lipinski definition) is 8. The third-order valence-corrected chi connectivity index (χ3v) is 6.99. The van der Waals surface area contributed by atoms with Crippen LogP contribution in [0.4, 0.5) is 0 Å². The summed E-state index contributed by atoms with van der Waals surface area (Å²) in [6.45, 7) is 6.86. The van der Waals surface area contributed by atoms with Gasteiger partial charge in [-0.2, -0.15) is 0 Å². The lowest BCUT2D eigenvalue weighted by Gasteiger charge is -2.26. The smallest absolute Gasteiger partial charge is 0.325 e. The standard InChI is InChI=1S/C31H46N8O7/c1-19(2)27(30(44)36-20(3)31(45)46)39-29(43)24(12-8-9-13-32-15-22-10-6-5-7-11-22)38-26(41)17-34-28(42)25(37-21(4)40)14-23-16-33-18-35-23/h5-7,10-11,16,18-20,24-25,27,32H,8-9,12-15,17H2,1-4H3,(H,33,35)(H,34,42)(H,36,44)(H,37,40)(H,38,41)(H,39,43)(H,45,46)/t20-,24-,25-,27-/m0/s1. The Hall–Kier alpha value is -4.79. The predicted octanol–water partition coefficient (Wildman–Crippen LogP) is -0.252. The van der Waals surface area contributed by atoms with Crippen LogP contribution in [0.5, 0.6) is 0 Å². The van der Waals surface area contributed by atoms with Crippen LogP contribution in [0.15, 0.2) is 42.9 Å². The van der Waals surface area contributed by atoms with Crippen LogP contribution in [0.1, 0.15) is 58.2 Å². The zero-order valence-corrected chi connectivity index (χ0v) is 26.7. The molecule has 0 aliphatic heterocycles. The molecule has 15 heteroatoms. The van der Waals surface area contributed by atoms with Crippen LogP contribution in [0.2, 0.25) is 0 Å². The fourth-order valence-electron chi connectivity index (χ4n) is 4.46. The van der Waals surface area contributed by atoms with Crippen LogP contribution in [-0.2, 0) is 41.7 Å². The molecule has 1 heterocycles. The third-order valence-electron chi connectivity index (χ3n) is 6.99. The number of aliphatic carboxylic acids is 1. The van der Waals surface area contributed by atoms with Crippen molar-refractivity contribution < 1.29 is 33.9 Å². The zero-order valence-electron chi connectivity index (χ0n) is 26.7. The summed E-state index contributed by atoms with van der Waals surface area (Å²) >= 11 is 0. The Bertz CT molecular complexity index is 1290. The number of aromatic nitrogens is 2. The number of nitrogens with zero attached hydrogens (tertiary/aromatic N) is 1. The average Bonchev–Trinajstić information content (AvgIpc) is 3.52. The number of benzene rings is 1. The van der Waals surface area contributed by atoms with Crippen molar-refractivity contribution in [1.82, 2.24) is 41.9 Å². The molecule has 1 aromatic carbocycles. The van der Waals surface area contributed by atoms with Crippen molar-refractivity contribution in [3.05, 3.63) is 54.1 Å². The molecule has 15 nitrogen and oxygen atoms in total. The summed E-state index contributed by atoms with van der Waals surface area (Å²) < 4.78 is 0. The number of carboxylic acid groups (broad SMARTS) is 1. The third kappa shape index (κ3) is 13.9. The summed E-state index contributed by atoms with van der Waals surface area (Å²) in [6, 6.07) is 5.65. The Labute approximate surface area is 268 Å². The zero-order chi connectivity index (χ0) is 34.1. The molecule has 0 bridgehead atoms. The summed E-state index contributed by atoms with van der Waals surface area (Å²) in [7, 11) is 0. The van der Waals surface area contributed by atoms with E-state index in [0.717, 1.165) is 5.56 Å². The minimum Gasteiger partial charge on any atom is -0.480 e. The maximum atomic E-state index is 13.4. The number of nitrogens with one attached hydrogen (secondary N) is 7. The first-order chi connectivity index (χ1) is 21.9. The van der Waals surface area contributed by atoms with Gasteiger partial charge in [-0.05, 0) is 44.2 Å². The molecule has 252 valence electrons. The number of imidazole rings is 1. The van der Waals surface area contributed by atoms with E-state index in [4.69, 9.17) is 5.11 Å². The highest BCUT2D eigenvalue weighted by Gasteiger charge is 2.30. The summed E-state index contributed by atoms with van der Waals surface area (Å²) in [4.78, 5) is 81.6. The van der Waals surface area contributed by atoms with Gasteiger partial charge in [-0.25, -0.2) is 4.98 Å². The van der Waals surface area contributed by atoms with Gasteiger partial charge in [0, 0.05) is 31.8 Å². The number of carbonyl (C=O) groups excluding carboxylic acids is 5. The van der Waals surface area contributed by atoms with Gasteiger partial charge in [-0.1, -0.05) is 44.2 Å². The van der Waals surface area contributed by atoms with Gasteiger partial charge >= 0.3 is 5.97 Å². The number of amides is 5. The highest BCUT2D eigenvalue weighted by molar-refractivity contribution is 5.95. The van der Waals surface area contributed by atoms with Crippen molar-refractivity contribution in [2.75, 3.05) is 13.1 Å². The Morgan fingerprint density at radius 3 is 2.20 bits per heavy atom.